The molecule has 0 aliphatic carbocycles. The van der Waals surface area contributed by atoms with Gasteiger partial charge >= 0.3 is 0 Å². The summed E-state index contributed by atoms with van der Waals surface area (Å²) in [5.74, 6) is 0. The van der Waals surface area contributed by atoms with Crippen molar-refractivity contribution in [1.29, 1.82) is 0 Å². The molecule has 0 unspecified atom stereocenters. The van der Waals surface area contributed by atoms with Crippen LogP contribution in [0.15, 0.2) is 91.9 Å². The number of nitrogens with zero attached hydrogens (tertiary/aromatic N) is 3. The second-order valence-electron chi connectivity index (χ2n) is 6.69. The van der Waals surface area contributed by atoms with Crippen LogP contribution in [0.1, 0.15) is 0 Å². The van der Waals surface area contributed by atoms with E-state index in [1.54, 1.807) is 24.3 Å². The smallest absolute Gasteiger partial charge is 0.282 e. The third-order valence-corrected chi connectivity index (χ3v) is 6.43. The van der Waals surface area contributed by atoms with Crippen molar-refractivity contribution in [2.45, 2.75) is 9.79 Å². The second kappa shape index (κ2) is 7.84. The molecule has 10 nitrogen and oxygen atoms in total. The average molecular weight is 471 g/mol. The Labute approximate surface area is 181 Å². The van der Waals surface area contributed by atoms with Crippen LogP contribution in [-0.4, -0.2) is 25.9 Å². The zero-order chi connectivity index (χ0) is 23.1. The first-order valence-corrected chi connectivity index (χ1v) is 11.8. The Kier molecular flexibility index (Phi) is 5.30. The molecule has 32 heavy (non-hydrogen) atoms. The van der Waals surface area contributed by atoms with Gasteiger partial charge in [-0.1, -0.05) is 42.5 Å². The highest BCUT2D eigenvalue weighted by molar-refractivity contribution is 7.86. The maximum absolute atomic E-state index is 11.9. The quantitative estimate of drug-likeness (QED) is 0.226. The van der Waals surface area contributed by atoms with Gasteiger partial charge in [-0.25, -0.2) is 0 Å². The lowest BCUT2D eigenvalue weighted by atomic mass is 10.1. The Hall–Kier alpha value is -3.58. The van der Waals surface area contributed by atoms with E-state index in [9.17, 15) is 30.8 Å². The van der Waals surface area contributed by atoms with E-state index >= 15 is 0 Å². The maximum Gasteiger partial charge on any atom is 0.296 e. The SMILES string of the molecule is O=Nc1c(S(=O)(=O)O)cc2cc(S(=O)(=O)O)ccc2c1/N=N/c1cccc2ccccc12. The van der Waals surface area contributed by atoms with Crippen LogP contribution in [0.2, 0.25) is 0 Å². The predicted molar refractivity (Wildman–Crippen MR) is 117 cm³/mol. The van der Waals surface area contributed by atoms with Crippen LogP contribution in [0.25, 0.3) is 21.5 Å². The molecule has 2 N–H and O–H groups in total. The van der Waals surface area contributed by atoms with Crippen molar-refractivity contribution in [3.05, 3.63) is 71.6 Å². The molecular weight excluding hydrogens is 458 g/mol. The Morgan fingerprint density at radius 1 is 0.656 bits per heavy atom. The fourth-order valence-corrected chi connectivity index (χ4v) is 4.45. The summed E-state index contributed by atoms with van der Waals surface area (Å²) < 4.78 is 65.5. The number of rotatable bonds is 5. The number of fused-ring (bicyclic) bond motifs is 2. The van der Waals surface area contributed by atoms with Gasteiger partial charge < -0.3 is 0 Å². The van der Waals surface area contributed by atoms with E-state index in [2.05, 4.69) is 15.4 Å². The minimum absolute atomic E-state index is 0.0352. The normalized spacial score (nSPS) is 12.6. The summed E-state index contributed by atoms with van der Waals surface area (Å²) in [5, 5.41) is 12.6. The van der Waals surface area contributed by atoms with Crippen molar-refractivity contribution < 1.29 is 25.9 Å². The topological polar surface area (TPSA) is 163 Å². The summed E-state index contributed by atoms with van der Waals surface area (Å²) in [6, 6.07) is 16.7. The number of benzene rings is 4. The van der Waals surface area contributed by atoms with Gasteiger partial charge in [0.15, 0.2) is 5.69 Å². The molecule has 0 aliphatic rings. The number of hydrogen-bond donors (Lipinski definition) is 2. The largest absolute Gasteiger partial charge is 0.296 e. The van der Waals surface area contributed by atoms with E-state index in [0.717, 1.165) is 29.0 Å². The lowest BCUT2D eigenvalue weighted by Crippen LogP contribution is -2.00. The molecule has 0 heterocycles. The van der Waals surface area contributed by atoms with Gasteiger partial charge in [0.05, 0.1) is 10.6 Å². The molecule has 0 saturated heterocycles. The molecule has 0 aromatic heterocycles. The molecule has 0 radical (unpaired) electrons. The van der Waals surface area contributed by atoms with Crippen LogP contribution in [-0.2, 0) is 20.2 Å². The Bertz CT molecular complexity index is 1640. The first-order chi connectivity index (χ1) is 15.1. The molecule has 0 amide bonds. The van der Waals surface area contributed by atoms with Crippen molar-refractivity contribution in [2.24, 2.45) is 15.4 Å². The molecule has 0 saturated carbocycles. The highest BCUT2D eigenvalue weighted by atomic mass is 32.2. The van der Waals surface area contributed by atoms with E-state index in [4.69, 9.17) is 0 Å². The summed E-state index contributed by atoms with van der Waals surface area (Å²) in [6.45, 7) is 0. The number of azo groups is 1. The molecule has 0 aliphatic heterocycles. The molecule has 4 aromatic rings. The van der Waals surface area contributed by atoms with Gasteiger partial charge in [0, 0.05) is 10.8 Å². The van der Waals surface area contributed by atoms with Crippen molar-refractivity contribution in [3.8, 4) is 0 Å². The molecule has 0 spiro atoms. The first-order valence-electron chi connectivity index (χ1n) is 8.88. The van der Waals surface area contributed by atoms with Crippen molar-refractivity contribution >= 4 is 58.8 Å². The summed E-state index contributed by atoms with van der Waals surface area (Å²) in [5.41, 5.74) is -0.566. The summed E-state index contributed by atoms with van der Waals surface area (Å²) in [7, 11) is -9.53. The van der Waals surface area contributed by atoms with Gasteiger partial charge in [0.1, 0.15) is 10.6 Å². The zero-order valence-corrected chi connectivity index (χ0v) is 17.6. The molecule has 4 aromatic carbocycles. The Morgan fingerprint density at radius 3 is 2.06 bits per heavy atom. The van der Waals surface area contributed by atoms with E-state index < -0.39 is 35.7 Å². The van der Waals surface area contributed by atoms with Crippen molar-refractivity contribution in [2.75, 3.05) is 0 Å². The third kappa shape index (κ3) is 3.99. The first kappa shape index (κ1) is 21.6. The van der Waals surface area contributed by atoms with E-state index in [-0.39, 0.29) is 16.5 Å². The van der Waals surface area contributed by atoms with Gasteiger partial charge in [-0.2, -0.15) is 16.8 Å². The van der Waals surface area contributed by atoms with Gasteiger partial charge in [-0.15, -0.1) is 15.1 Å². The molecule has 0 atom stereocenters. The minimum Gasteiger partial charge on any atom is -0.282 e. The van der Waals surface area contributed by atoms with Gasteiger partial charge in [-0.3, -0.25) is 9.11 Å². The van der Waals surface area contributed by atoms with Gasteiger partial charge in [0.25, 0.3) is 20.2 Å². The standard InChI is InChI=1S/C20H13N3O7S2/c24-23-20-18(32(28,29)30)11-13-10-14(31(25,26)27)8-9-16(13)19(20)22-21-17-7-3-5-12-4-1-2-6-15(12)17/h1-11H,(H,25,26,27)(H,28,29,30)/b22-21+. The van der Waals surface area contributed by atoms with Crippen LogP contribution in [0.3, 0.4) is 0 Å². The highest BCUT2D eigenvalue weighted by Gasteiger charge is 2.24. The van der Waals surface area contributed by atoms with Crippen LogP contribution < -0.4 is 0 Å². The van der Waals surface area contributed by atoms with Gasteiger partial charge in [0.2, 0.25) is 0 Å². The van der Waals surface area contributed by atoms with Crippen LogP contribution in [0.4, 0.5) is 17.1 Å². The summed E-state index contributed by atoms with van der Waals surface area (Å²) >= 11 is 0. The molecule has 0 bridgehead atoms. The maximum atomic E-state index is 11.9. The average Bonchev–Trinajstić information content (AvgIpc) is 2.75. The van der Waals surface area contributed by atoms with Crippen molar-refractivity contribution in [1.82, 2.24) is 0 Å². The Balaban J connectivity index is 2.04. The monoisotopic (exact) mass is 471 g/mol. The summed E-state index contributed by atoms with van der Waals surface area (Å²) in [4.78, 5) is 10.1. The predicted octanol–water partition coefficient (Wildman–Crippen LogP) is 5.30. The van der Waals surface area contributed by atoms with E-state index in [1.807, 2.05) is 18.2 Å². The molecular formula is C20H13N3O7S2. The minimum atomic E-state index is -4.93. The van der Waals surface area contributed by atoms with Gasteiger partial charge in [-0.05, 0) is 40.2 Å². The molecule has 4 rings (SSSR count). The molecule has 12 heteroatoms. The van der Waals surface area contributed by atoms with E-state index in [1.165, 1.54) is 6.07 Å². The fourth-order valence-electron chi connectivity index (χ4n) is 3.28. The zero-order valence-electron chi connectivity index (χ0n) is 15.9. The number of hydrogen-bond acceptors (Lipinski definition) is 8. The number of nitroso groups, excluding NO2 is 1. The second-order valence-corrected chi connectivity index (χ2v) is 9.51. The highest BCUT2D eigenvalue weighted by Crippen LogP contribution is 2.43. The van der Waals surface area contributed by atoms with E-state index in [0.29, 0.717) is 5.69 Å². The lowest BCUT2D eigenvalue weighted by molar-refractivity contribution is 0.481. The van der Waals surface area contributed by atoms with Crippen LogP contribution in [0, 0.1) is 4.91 Å². The third-order valence-electron chi connectivity index (χ3n) is 4.71. The molecule has 162 valence electrons. The lowest BCUT2D eigenvalue weighted by Gasteiger charge is -2.09. The Morgan fingerprint density at radius 2 is 1.38 bits per heavy atom. The van der Waals surface area contributed by atoms with Crippen LogP contribution >= 0.6 is 0 Å². The molecule has 0 fully saturated rings. The summed E-state index contributed by atoms with van der Waals surface area (Å²) in [6.07, 6.45) is 0. The fraction of sp³-hybridized carbons (Fsp3) is 0. The van der Waals surface area contributed by atoms with Crippen molar-refractivity contribution in [3.63, 3.8) is 0 Å². The van der Waals surface area contributed by atoms with Crippen LogP contribution in [0.5, 0.6) is 0 Å².